The summed E-state index contributed by atoms with van der Waals surface area (Å²) in [6.07, 6.45) is -0.704. The molecule has 1 fully saturated rings. The summed E-state index contributed by atoms with van der Waals surface area (Å²) in [4.78, 5) is 0. The Balaban J connectivity index is 2.28. The molecule has 0 amide bonds. The highest BCUT2D eigenvalue weighted by Gasteiger charge is 2.35. The van der Waals surface area contributed by atoms with Crippen LogP contribution in [0.3, 0.4) is 0 Å². The number of nitrogens with two attached hydrogens (primary N) is 1. The highest BCUT2D eigenvalue weighted by atomic mass is 19.4. The van der Waals surface area contributed by atoms with Gasteiger partial charge in [0.2, 0.25) is 0 Å². The average molecular weight is 275 g/mol. The van der Waals surface area contributed by atoms with Gasteiger partial charge in [-0.1, -0.05) is 18.9 Å². The predicted molar refractivity (Wildman–Crippen MR) is 65.2 cm³/mol. The summed E-state index contributed by atoms with van der Waals surface area (Å²) < 4.78 is 51.1. The first-order valence-corrected chi connectivity index (χ1v) is 6.50. The SMILES string of the molecule is NCC1CCCCC1c1ccc(C(F)(F)F)c(F)c1. The predicted octanol–water partition coefficient (Wildman–Crippen LogP) is 4.08. The maximum atomic E-state index is 13.6. The van der Waals surface area contributed by atoms with Gasteiger partial charge in [0.25, 0.3) is 0 Å². The first-order valence-electron chi connectivity index (χ1n) is 6.50. The molecule has 0 heterocycles. The molecule has 106 valence electrons. The minimum atomic E-state index is -4.64. The quantitative estimate of drug-likeness (QED) is 0.809. The Morgan fingerprint density at radius 2 is 1.84 bits per heavy atom. The lowest BCUT2D eigenvalue weighted by atomic mass is 9.75. The lowest BCUT2D eigenvalue weighted by molar-refractivity contribution is -0.140. The second kappa shape index (κ2) is 5.49. The fraction of sp³-hybridized carbons (Fsp3) is 0.571. The van der Waals surface area contributed by atoms with Gasteiger partial charge in [0.05, 0.1) is 5.56 Å². The molecular weight excluding hydrogens is 258 g/mol. The zero-order valence-electron chi connectivity index (χ0n) is 10.5. The van der Waals surface area contributed by atoms with Crippen LogP contribution in [0.5, 0.6) is 0 Å². The van der Waals surface area contributed by atoms with Gasteiger partial charge in [-0.3, -0.25) is 0 Å². The molecule has 0 radical (unpaired) electrons. The standard InChI is InChI=1S/C14H17F4N/c15-13-7-9(5-6-12(13)14(16,17)18)11-4-2-1-3-10(11)8-19/h5-7,10-11H,1-4,8,19H2. The summed E-state index contributed by atoms with van der Waals surface area (Å²) in [7, 11) is 0. The van der Waals surface area contributed by atoms with E-state index in [2.05, 4.69) is 0 Å². The fourth-order valence-electron chi connectivity index (χ4n) is 2.92. The molecule has 0 aliphatic heterocycles. The molecule has 0 spiro atoms. The van der Waals surface area contributed by atoms with Gasteiger partial charge >= 0.3 is 6.18 Å². The van der Waals surface area contributed by atoms with Crippen molar-refractivity contribution < 1.29 is 17.6 Å². The van der Waals surface area contributed by atoms with Crippen LogP contribution in [0, 0.1) is 11.7 Å². The lowest BCUT2D eigenvalue weighted by Crippen LogP contribution is -2.25. The van der Waals surface area contributed by atoms with E-state index in [1.807, 2.05) is 0 Å². The first-order chi connectivity index (χ1) is 8.93. The van der Waals surface area contributed by atoms with Crippen LogP contribution in [0.1, 0.15) is 42.7 Å². The van der Waals surface area contributed by atoms with E-state index in [9.17, 15) is 17.6 Å². The summed E-state index contributed by atoms with van der Waals surface area (Å²) in [6, 6.07) is 3.26. The van der Waals surface area contributed by atoms with Crippen molar-refractivity contribution in [3.8, 4) is 0 Å². The van der Waals surface area contributed by atoms with E-state index in [4.69, 9.17) is 5.73 Å². The molecule has 19 heavy (non-hydrogen) atoms. The second-order valence-corrected chi connectivity index (χ2v) is 5.12. The smallest absolute Gasteiger partial charge is 0.330 e. The van der Waals surface area contributed by atoms with E-state index < -0.39 is 17.6 Å². The van der Waals surface area contributed by atoms with E-state index in [0.29, 0.717) is 12.1 Å². The minimum Gasteiger partial charge on any atom is -0.330 e. The lowest BCUT2D eigenvalue weighted by Gasteiger charge is -2.31. The minimum absolute atomic E-state index is 0.0792. The van der Waals surface area contributed by atoms with Crippen molar-refractivity contribution in [2.24, 2.45) is 11.7 Å². The topological polar surface area (TPSA) is 26.0 Å². The van der Waals surface area contributed by atoms with Crippen molar-refractivity contribution in [3.63, 3.8) is 0 Å². The van der Waals surface area contributed by atoms with Crippen LogP contribution in [0.25, 0.3) is 0 Å². The molecule has 1 aliphatic rings. The van der Waals surface area contributed by atoms with E-state index >= 15 is 0 Å². The highest BCUT2D eigenvalue weighted by molar-refractivity contribution is 5.29. The zero-order valence-corrected chi connectivity index (χ0v) is 10.5. The third-order valence-corrected chi connectivity index (χ3v) is 3.94. The summed E-state index contributed by atoms with van der Waals surface area (Å²) in [6.45, 7) is 0.493. The maximum absolute atomic E-state index is 13.6. The Bertz CT molecular complexity index is 442. The molecular formula is C14H17F4N. The van der Waals surface area contributed by atoms with Gasteiger partial charge in [0.1, 0.15) is 5.82 Å². The van der Waals surface area contributed by atoms with E-state index in [1.54, 1.807) is 0 Å². The Morgan fingerprint density at radius 3 is 2.42 bits per heavy atom. The number of rotatable bonds is 2. The van der Waals surface area contributed by atoms with Crippen molar-refractivity contribution in [3.05, 3.63) is 35.1 Å². The van der Waals surface area contributed by atoms with Crippen LogP contribution < -0.4 is 5.73 Å². The summed E-state index contributed by atoms with van der Waals surface area (Å²) >= 11 is 0. The third kappa shape index (κ3) is 3.08. The van der Waals surface area contributed by atoms with Gasteiger partial charge < -0.3 is 5.73 Å². The van der Waals surface area contributed by atoms with E-state index in [-0.39, 0.29) is 11.8 Å². The molecule has 0 saturated heterocycles. The van der Waals surface area contributed by atoms with Crippen LogP contribution in [-0.4, -0.2) is 6.54 Å². The van der Waals surface area contributed by atoms with Crippen molar-refractivity contribution >= 4 is 0 Å². The third-order valence-electron chi connectivity index (χ3n) is 3.94. The van der Waals surface area contributed by atoms with Crippen molar-refractivity contribution in [1.82, 2.24) is 0 Å². The zero-order chi connectivity index (χ0) is 14.0. The van der Waals surface area contributed by atoms with Crippen LogP contribution >= 0.6 is 0 Å². The molecule has 2 atom stereocenters. The number of benzene rings is 1. The van der Waals surface area contributed by atoms with Gasteiger partial charge in [-0.15, -0.1) is 0 Å². The van der Waals surface area contributed by atoms with Gasteiger partial charge in [-0.25, -0.2) is 4.39 Å². The highest BCUT2D eigenvalue weighted by Crippen LogP contribution is 2.39. The van der Waals surface area contributed by atoms with Crippen LogP contribution in [-0.2, 0) is 6.18 Å². The average Bonchev–Trinajstić information content (AvgIpc) is 2.37. The molecule has 1 aromatic rings. The monoisotopic (exact) mass is 275 g/mol. The Morgan fingerprint density at radius 1 is 1.16 bits per heavy atom. The summed E-state index contributed by atoms with van der Waals surface area (Å²) in [5.74, 6) is -0.869. The maximum Gasteiger partial charge on any atom is 0.419 e. The molecule has 1 aromatic carbocycles. The second-order valence-electron chi connectivity index (χ2n) is 5.12. The normalized spacial score (nSPS) is 24.5. The fourth-order valence-corrected chi connectivity index (χ4v) is 2.92. The largest absolute Gasteiger partial charge is 0.419 e. The molecule has 5 heteroatoms. The van der Waals surface area contributed by atoms with E-state index in [0.717, 1.165) is 37.8 Å². The van der Waals surface area contributed by atoms with Gasteiger partial charge in [-0.2, -0.15) is 13.2 Å². The molecule has 0 aromatic heterocycles. The molecule has 2 rings (SSSR count). The molecule has 1 saturated carbocycles. The Labute approximate surface area is 109 Å². The van der Waals surface area contributed by atoms with Crippen molar-refractivity contribution in [1.29, 1.82) is 0 Å². The van der Waals surface area contributed by atoms with Crippen LogP contribution in [0.2, 0.25) is 0 Å². The van der Waals surface area contributed by atoms with Crippen molar-refractivity contribution in [2.45, 2.75) is 37.8 Å². The summed E-state index contributed by atoms with van der Waals surface area (Å²) in [5, 5.41) is 0. The van der Waals surface area contributed by atoms with Crippen LogP contribution in [0.4, 0.5) is 17.6 Å². The Kier molecular flexibility index (Phi) is 4.13. The molecule has 1 nitrogen and oxygen atoms in total. The number of hydrogen-bond donors (Lipinski definition) is 1. The Hall–Kier alpha value is -1.10. The van der Waals surface area contributed by atoms with Gasteiger partial charge in [-0.05, 0) is 48.9 Å². The summed E-state index contributed by atoms with van der Waals surface area (Å²) in [5.41, 5.74) is 5.14. The van der Waals surface area contributed by atoms with Gasteiger partial charge in [0.15, 0.2) is 0 Å². The molecule has 0 bridgehead atoms. The number of hydrogen-bond acceptors (Lipinski definition) is 1. The molecule has 2 unspecified atom stereocenters. The molecule has 2 N–H and O–H groups in total. The number of alkyl halides is 3. The van der Waals surface area contributed by atoms with Crippen molar-refractivity contribution in [2.75, 3.05) is 6.54 Å². The molecule has 1 aliphatic carbocycles. The number of halogens is 4. The van der Waals surface area contributed by atoms with Gasteiger partial charge in [0, 0.05) is 0 Å². The van der Waals surface area contributed by atoms with Crippen LogP contribution in [0.15, 0.2) is 18.2 Å². The first kappa shape index (κ1) is 14.3. The van der Waals surface area contributed by atoms with E-state index in [1.165, 1.54) is 6.07 Å².